The fraction of sp³-hybridized carbons (Fsp3) is 0.300. The van der Waals surface area contributed by atoms with Crippen LogP contribution in [0, 0.1) is 14.0 Å². The molecular weight excluding hydrogens is 134 g/mol. The molecule has 1 unspecified atom stereocenters. The second-order valence-corrected chi connectivity index (χ2v) is 3.06. The van der Waals surface area contributed by atoms with E-state index in [9.17, 15) is 0 Å². The van der Waals surface area contributed by atoms with E-state index in [1.165, 1.54) is 16.0 Å². The zero-order chi connectivity index (χ0) is 8.27. The predicted molar refractivity (Wildman–Crippen MR) is 47.1 cm³/mol. The summed E-state index contributed by atoms with van der Waals surface area (Å²) in [6.07, 6.45) is 0. The van der Waals surface area contributed by atoms with Crippen LogP contribution in [0.4, 0.5) is 0 Å². The molecule has 0 amide bonds. The second kappa shape index (κ2) is 3.54. The van der Waals surface area contributed by atoms with E-state index >= 15 is 0 Å². The third-order valence-electron chi connectivity index (χ3n) is 1.75. The van der Waals surface area contributed by atoms with Crippen molar-refractivity contribution in [3.05, 3.63) is 42.4 Å². The summed E-state index contributed by atoms with van der Waals surface area (Å²) < 4.78 is 0. The van der Waals surface area contributed by atoms with E-state index in [0.717, 1.165) is 6.54 Å². The molecule has 0 aromatic heterocycles. The highest BCUT2D eigenvalue weighted by molar-refractivity contribution is 5.24. The Morgan fingerprint density at radius 1 is 1.36 bits per heavy atom. The number of aryl methyl sites for hydroxylation is 1. The first-order valence-electron chi connectivity index (χ1n) is 3.89. The molecule has 11 heavy (non-hydrogen) atoms. The number of hydrogen-bond acceptors (Lipinski definition) is 0. The molecular formula is C10H15N. The molecule has 0 saturated carbocycles. The van der Waals surface area contributed by atoms with E-state index in [2.05, 4.69) is 45.3 Å². The molecule has 0 fully saturated rings. The van der Waals surface area contributed by atoms with Crippen molar-refractivity contribution in [1.82, 2.24) is 0 Å². The number of hydrogen-bond donors (Lipinski definition) is 1. The van der Waals surface area contributed by atoms with Gasteiger partial charge in [-0.1, -0.05) is 24.3 Å². The maximum atomic E-state index is 3.89. The largest absolute Gasteiger partial charge is 0.467 e. The molecule has 1 atom stereocenters. The van der Waals surface area contributed by atoms with Crippen molar-refractivity contribution in [3.63, 3.8) is 0 Å². The van der Waals surface area contributed by atoms with Crippen LogP contribution in [-0.2, 0) is 6.54 Å². The molecule has 1 aromatic rings. The molecule has 0 heterocycles. The summed E-state index contributed by atoms with van der Waals surface area (Å²) in [6.45, 7) is 3.14. The number of nitrogens with one attached hydrogen (secondary N) is 1. The molecule has 0 aliphatic heterocycles. The minimum Gasteiger partial charge on any atom is -0.467 e. The summed E-state index contributed by atoms with van der Waals surface area (Å²) in [5.74, 6) is 0. The SMILES string of the molecule is [CH2-][NH+](C)Cc1ccccc1C. The van der Waals surface area contributed by atoms with E-state index in [1.54, 1.807) is 0 Å². The third kappa shape index (κ3) is 2.35. The van der Waals surface area contributed by atoms with Gasteiger partial charge >= 0.3 is 0 Å². The smallest absolute Gasteiger partial charge is 0.0788 e. The van der Waals surface area contributed by atoms with Gasteiger partial charge in [-0.15, -0.1) is 0 Å². The van der Waals surface area contributed by atoms with E-state index in [1.807, 2.05) is 0 Å². The van der Waals surface area contributed by atoms with Crippen LogP contribution in [-0.4, -0.2) is 7.05 Å². The summed E-state index contributed by atoms with van der Waals surface area (Å²) in [5, 5.41) is 0. The molecule has 1 N–H and O–H groups in total. The number of rotatable bonds is 2. The Labute approximate surface area is 68.7 Å². The summed E-state index contributed by atoms with van der Waals surface area (Å²) in [6, 6.07) is 8.44. The van der Waals surface area contributed by atoms with Gasteiger partial charge in [-0.25, -0.2) is 0 Å². The first-order chi connectivity index (χ1) is 5.20. The van der Waals surface area contributed by atoms with Gasteiger partial charge in [-0.3, -0.25) is 0 Å². The van der Waals surface area contributed by atoms with E-state index in [4.69, 9.17) is 0 Å². The summed E-state index contributed by atoms with van der Waals surface area (Å²) >= 11 is 0. The minimum absolute atomic E-state index is 1.01. The van der Waals surface area contributed by atoms with Gasteiger partial charge in [0.1, 0.15) is 0 Å². The summed E-state index contributed by atoms with van der Waals surface area (Å²) in [5.41, 5.74) is 2.75. The van der Waals surface area contributed by atoms with Gasteiger partial charge in [0.2, 0.25) is 0 Å². The normalized spacial score (nSPS) is 13.0. The Hall–Kier alpha value is -0.820. The van der Waals surface area contributed by atoms with E-state index in [-0.39, 0.29) is 0 Å². The Kier molecular flexibility index (Phi) is 2.66. The lowest BCUT2D eigenvalue weighted by Crippen LogP contribution is -3.01. The molecule has 0 aliphatic rings. The van der Waals surface area contributed by atoms with Gasteiger partial charge in [-0.05, 0) is 12.5 Å². The van der Waals surface area contributed by atoms with Crippen molar-refractivity contribution in [2.24, 2.45) is 0 Å². The zero-order valence-corrected chi connectivity index (χ0v) is 7.22. The first kappa shape index (κ1) is 8.28. The van der Waals surface area contributed by atoms with Crippen molar-refractivity contribution >= 4 is 0 Å². The van der Waals surface area contributed by atoms with Crippen molar-refractivity contribution in [2.45, 2.75) is 13.5 Å². The maximum absolute atomic E-state index is 3.89. The van der Waals surface area contributed by atoms with Crippen LogP contribution in [0.3, 0.4) is 0 Å². The standard InChI is InChI=1S/C10H15N/c1-9-6-4-5-7-10(9)8-11(2)3/h4-7,11H,2,8H2,1,3H3. The van der Waals surface area contributed by atoms with Gasteiger partial charge in [0.25, 0.3) is 0 Å². The van der Waals surface area contributed by atoms with Crippen molar-refractivity contribution in [1.29, 1.82) is 0 Å². The Bertz CT molecular complexity index is 228. The van der Waals surface area contributed by atoms with Crippen LogP contribution < -0.4 is 4.90 Å². The monoisotopic (exact) mass is 149 g/mol. The van der Waals surface area contributed by atoms with Gasteiger partial charge in [0, 0.05) is 12.6 Å². The molecule has 0 bridgehead atoms. The Balaban J connectivity index is 2.78. The summed E-state index contributed by atoms with van der Waals surface area (Å²) in [4.78, 5) is 1.22. The lowest BCUT2D eigenvalue weighted by molar-refractivity contribution is -0.846. The molecule has 1 nitrogen and oxygen atoms in total. The highest BCUT2D eigenvalue weighted by Crippen LogP contribution is 2.04. The fourth-order valence-corrected chi connectivity index (χ4v) is 1.13. The van der Waals surface area contributed by atoms with Gasteiger partial charge in [0.05, 0.1) is 6.54 Å². The maximum Gasteiger partial charge on any atom is 0.0788 e. The van der Waals surface area contributed by atoms with Gasteiger partial charge in [0.15, 0.2) is 0 Å². The molecule has 0 radical (unpaired) electrons. The van der Waals surface area contributed by atoms with Crippen LogP contribution >= 0.6 is 0 Å². The summed E-state index contributed by atoms with van der Waals surface area (Å²) in [7, 11) is 5.95. The molecule has 1 heteroatoms. The topological polar surface area (TPSA) is 4.44 Å². The van der Waals surface area contributed by atoms with Crippen LogP contribution in [0.2, 0.25) is 0 Å². The Morgan fingerprint density at radius 3 is 2.55 bits per heavy atom. The molecule has 1 aromatic carbocycles. The minimum atomic E-state index is 1.01. The predicted octanol–water partition coefficient (Wildman–Crippen LogP) is 0.801. The van der Waals surface area contributed by atoms with E-state index in [0.29, 0.717) is 0 Å². The number of quaternary nitrogens is 1. The molecule has 0 spiro atoms. The lowest BCUT2D eigenvalue weighted by Gasteiger charge is -2.15. The molecule has 1 rings (SSSR count). The molecule has 60 valence electrons. The number of benzene rings is 1. The highest BCUT2D eigenvalue weighted by atomic mass is 15.0. The van der Waals surface area contributed by atoms with Crippen molar-refractivity contribution in [2.75, 3.05) is 7.05 Å². The van der Waals surface area contributed by atoms with Gasteiger partial charge in [-0.2, -0.15) is 7.05 Å². The van der Waals surface area contributed by atoms with E-state index < -0.39 is 0 Å². The van der Waals surface area contributed by atoms with Gasteiger partial charge < -0.3 is 4.90 Å². The van der Waals surface area contributed by atoms with Crippen molar-refractivity contribution < 1.29 is 4.90 Å². The quantitative estimate of drug-likeness (QED) is 0.593. The average Bonchev–Trinajstić information content (AvgIpc) is 1.93. The molecule has 0 saturated heterocycles. The second-order valence-electron chi connectivity index (χ2n) is 3.06. The fourth-order valence-electron chi connectivity index (χ4n) is 1.13. The average molecular weight is 149 g/mol. The van der Waals surface area contributed by atoms with Crippen LogP contribution in [0.1, 0.15) is 11.1 Å². The lowest BCUT2D eigenvalue weighted by atomic mass is 10.1. The van der Waals surface area contributed by atoms with Crippen LogP contribution in [0.15, 0.2) is 24.3 Å². The van der Waals surface area contributed by atoms with Crippen LogP contribution in [0.25, 0.3) is 0 Å². The zero-order valence-electron chi connectivity index (χ0n) is 7.22. The molecule has 0 aliphatic carbocycles. The third-order valence-corrected chi connectivity index (χ3v) is 1.75. The Morgan fingerprint density at radius 2 is 2.00 bits per heavy atom. The highest BCUT2D eigenvalue weighted by Gasteiger charge is 1.96. The van der Waals surface area contributed by atoms with Crippen LogP contribution in [0.5, 0.6) is 0 Å². The first-order valence-corrected chi connectivity index (χ1v) is 3.89. The van der Waals surface area contributed by atoms with Crippen molar-refractivity contribution in [3.8, 4) is 0 Å².